The van der Waals surface area contributed by atoms with Gasteiger partial charge in [-0.3, -0.25) is 0 Å². The van der Waals surface area contributed by atoms with Crippen molar-refractivity contribution in [2.24, 2.45) is 10.9 Å². The molecule has 0 spiro atoms. The fraction of sp³-hybridized carbons (Fsp3) is 0.462. The summed E-state index contributed by atoms with van der Waals surface area (Å²) >= 11 is 3.41. The molecule has 18 heavy (non-hydrogen) atoms. The number of ether oxygens (including phenoxy) is 1. The molecule has 0 atom stereocenters. The van der Waals surface area contributed by atoms with Gasteiger partial charge in [-0.15, -0.1) is 0 Å². The maximum Gasteiger partial charge on any atom is 0.170 e. The highest BCUT2D eigenvalue weighted by Crippen LogP contribution is 2.26. The molecule has 0 unspecified atom stereocenters. The highest BCUT2D eigenvalue weighted by molar-refractivity contribution is 9.10. The van der Waals surface area contributed by atoms with E-state index in [1.54, 1.807) is 12.1 Å². The van der Waals surface area contributed by atoms with Gasteiger partial charge in [0, 0.05) is 5.56 Å². The summed E-state index contributed by atoms with van der Waals surface area (Å²) in [5, 5.41) is 11.5. The van der Waals surface area contributed by atoms with Crippen molar-refractivity contribution < 1.29 is 9.94 Å². The van der Waals surface area contributed by atoms with E-state index in [-0.39, 0.29) is 5.84 Å². The molecule has 100 valence electrons. The van der Waals surface area contributed by atoms with Gasteiger partial charge in [0.2, 0.25) is 0 Å². The molecule has 0 saturated heterocycles. The molecule has 0 aliphatic carbocycles. The summed E-state index contributed by atoms with van der Waals surface area (Å²) in [6, 6.07) is 5.36. The molecule has 0 aromatic heterocycles. The molecule has 0 bridgehead atoms. The molecular weight excluding hydrogens is 296 g/mol. The van der Waals surface area contributed by atoms with E-state index >= 15 is 0 Å². The highest BCUT2D eigenvalue weighted by Gasteiger charge is 2.05. The Balaban J connectivity index is 2.52. The molecule has 1 aromatic carbocycles. The number of amidine groups is 1. The Hall–Kier alpha value is -1.23. The number of nitrogens with zero attached hydrogens (tertiary/aromatic N) is 1. The number of hydrogen-bond donors (Lipinski definition) is 2. The Morgan fingerprint density at radius 2 is 2.17 bits per heavy atom. The number of unbranched alkanes of at least 4 members (excludes halogenated alkanes) is 3. The lowest BCUT2D eigenvalue weighted by Gasteiger charge is -2.09. The second kappa shape index (κ2) is 7.97. The van der Waals surface area contributed by atoms with Gasteiger partial charge in [-0.05, 0) is 40.5 Å². The predicted octanol–water partition coefficient (Wildman–Crippen LogP) is 3.50. The Kier molecular flexibility index (Phi) is 6.57. The third-order valence-electron chi connectivity index (χ3n) is 2.59. The fourth-order valence-corrected chi connectivity index (χ4v) is 2.04. The standard InChI is InChI=1S/C13H19BrN2O2/c1-2-3-4-5-8-18-12-7-6-10(9-11(12)14)13(15)16-17/h6-7,9,17H,2-5,8H2,1H3,(H2,15,16). The van der Waals surface area contributed by atoms with E-state index in [1.165, 1.54) is 19.3 Å². The number of hydrogen-bond acceptors (Lipinski definition) is 3. The van der Waals surface area contributed by atoms with Crippen LogP contribution in [-0.4, -0.2) is 17.6 Å². The summed E-state index contributed by atoms with van der Waals surface area (Å²) in [6.45, 7) is 2.89. The fourth-order valence-electron chi connectivity index (χ4n) is 1.55. The number of halogens is 1. The molecule has 0 fully saturated rings. The number of oxime groups is 1. The number of benzene rings is 1. The molecule has 0 aliphatic heterocycles. The molecule has 1 rings (SSSR count). The van der Waals surface area contributed by atoms with Gasteiger partial charge in [0.1, 0.15) is 5.75 Å². The lowest BCUT2D eigenvalue weighted by Crippen LogP contribution is -2.13. The van der Waals surface area contributed by atoms with Crippen LogP contribution in [0.4, 0.5) is 0 Å². The Bertz CT molecular complexity index is 408. The van der Waals surface area contributed by atoms with Crippen molar-refractivity contribution in [2.45, 2.75) is 32.6 Å². The number of rotatable bonds is 7. The molecule has 0 radical (unpaired) electrons. The zero-order valence-electron chi connectivity index (χ0n) is 10.5. The lowest BCUT2D eigenvalue weighted by molar-refractivity contribution is 0.303. The van der Waals surface area contributed by atoms with Crippen molar-refractivity contribution in [2.75, 3.05) is 6.61 Å². The monoisotopic (exact) mass is 314 g/mol. The topological polar surface area (TPSA) is 67.8 Å². The summed E-state index contributed by atoms with van der Waals surface area (Å²) in [6.07, 6.45) is 4.71. The van der Waals surface area contributed by atoms with E-state index in [0.29, 0.717) is 12.2 Å². The minimum absolute atomic E-state index is 0.0881. The smallest absolute Gasteiger partial charge is 0.170 e. The lowest BCUT2D eigenvalue weighted by atomic mass is 10.2. The van der Waals surface area contributed by atoms with E-state index < -0.39 is 0 Å². The van der Waals surface area contributed by atoms with Crippen molar-refractivity contribution >= 4 is 21.8 Å². The molecule has 0 heterocycles. The Morgan fingerprint density at radius 3 is 2.78 bits per heavy atom. The Morgan fingerprint density at radius 1 is 1.39 bits per heavy atom. The summed E-state index contributed by atoms with van der Waals surface area (Å²) in [5.74, 6) is 0.867. The molecule has 1 aromatic rings. The Labute approximate surface area is 116 Å². The second-order valence-corrected chi connectivity index (χ2v) is 4.89. The van der Waals surface area contributed by atoms with Gasteiger partial charge in [0.25, 0.3) is 0 Å². The third kappa shape index (κ3) is 4.56. The van der Waals surface area contributed by atoms with Crippen LogP contribution in [0.25, 0.3) is 0 Å². The van der Waals surface area contributed by atoms with Crippen LogP contribution in [0.15, 0.2) is 27.8 Å². The predicted molar refractivity (Wildman–Crippen MR) is 76.3 cm³/mol. The summed E-state index contributed by atoms with van der Waals surface area (Å²) < 4.78 is 6.47. The van der Waals surface area contributed by atoms with Crippen LogP contribution >= 0.6 is 15.9 Å². The van der Waals surface area contributed by atoms with E-state index in [1.807, 2.05) is 6.07 Å². The largest absolute Gasteiger partial charge is 0.492 e. The van der Waals surface area contributed by atoms with Gasteiger partial charge in [0.05, 0.1) is 11.1 Å². The van der Waals surface area contributed by atoms with Crippen molar-refractivity contribution in [3.63, 3.8) is 0 Å². The SMILES string of the molecule is CCCCCCOc1ccc(/C(N)=N/O)cc1Br. The molecular formula is C13H19BrN2O2. The maximum atomic E-state index is 8.59. The quantitative estimate of drug-likeness (QED) is 0.266. The van der Waals surface area contributed by atoms with Gasteiger partial charge >= 0.3 is 0 Å². The zero-order valence-corrected chi connectivity index (χ0v) is 12.1. The first-order valence-electron chi connectivity index (χ1n) is 6.09. The van der Waals surface area contributed by atoms with Crippen LogP contribution in [0.2, 0.25) is 0 Å². The summed E-state index contributed by atoms with van der Waals surface area (Å²) in [4.78, 5) is 0. The van der Waals surface area contributed by atoms with E-state index in [9.17, 15) is 0 Å². The van der Waals surface area contributed by atoms with Crippen LogP contribution in [0, 0.1) is 0 Å². The summed E-state index contributed by atoms with van der Waals surface area (Å²) in [5.41, 5.74) is 6.16. The van der Waals surface area contributed by atoms with Gasteiger partial charge in [-0.2, -0.15) is 0 Å². The molecule has 4 nitrogen and oxygen atoms in total. The first-order chi connectivity index (χ1) is 8.69. The van der Waals surface area contributed by atoms with E-state index in [2.05, 4.69) is 28.0 Å². The minimum Gasteiger partial charge on any atom is -0.492 e. The second-order valence-electron chi connectivity index (χ2n) is 4.04. The summed E-state index contributed by atoms with van der Waals surface area (Å²) in [7, 11) is 0. The zero-order chi connectivity index (χ0) is 13.4. The van der Waals surface area contributed by atoms with Crippen molar-refractivity contribution in [1.82, 2.24) is 0 Å². The van der Waals surface area contributed by atoms with Crippen molar-refractivity contribution in [3.8, 4) is 5.75 Å². The van der Waals surface area contributed by atoms with Crippen LogP contribution in [0.1, 0.15) is 38.2 Å². The third-order valence-corrected chi connectivity index (χ3v) is 3.21. The maximum absolute atomic E-state index is 8.59. The molecule has 0 aliphatic rings. The van der Waals surface area contributed by atoms with Crippen LogP contribution in [0.5, 0.6) is 5.75 Å². The van der Waals surface area contributed by atoms with Gasteiger partial charge in [-0.25, -0.2) is 0 Å². The number of nitrogens with two attached hydrogens (primary N) is 1. The van der Waals surface area contributed by atoms with Crippen LogP contribution in [0.3, 0.4) is 0 Å². The normalized spacial score (nSPS) is 11.6. The van der Waals surface area contributed by atoms with Crippen molar-refractivity contribution in [3.05, 3.63) is 28.2 Å². The molecule has 3 N–H and O–H groups in total. The minimum atomic E-state index is 0.0881. The average Bonchev–Trinajstić information content (AvgIpc) is 2.39. The van der Waals surface area contributed by atoms with Gasteiger partial charge in [0.15, 0.2) is 5.84 Å². The highest BCUT2D eigenvalue weighted by atomic mass is 79.9. The van der Waals surface area contributed by atoms with Gasteiger partial charge < -0.3 is 15.7 Å². The molecule has 5 heteroatoms. The van der Waals surface area contributed by atoms with Gasteiger partial charge in [-0.1, -0.05) is 31.3 Å². The average molecular weight is 315 g/mol. The van der Waals surface area contributed by atoms with Crippen LogP contribution in [-0.2, 0) is 0 Å². The van der Waals surface area contributed by atoms with Crippen molar-refractivity contribution in [1.29, 1.82) is 0 Å². The molecule has 0 saturated carbocycles. The first kappa shape index (κ1) is 14.8. The first-order valence-corrected chi connectivity index (χ1v) is 6.88. The van der Waals surface area contributed by atoms with E-state index in [4.69, 9.17) is 15.7 Å². The molecule has 0 amide bonds. The van der Waals surface area contributed by atoms with Crippen LogP contribution < -0.4 is 10.5 Å². The van der Waals surface area contributed by atoms with E-state index in [0.717, 1.165) is 16.6 Å².